The average Bonchev–Trinajstić information content (AvgIpc) is 2.33. The Morgan fingerprint density at radius 2 is 1.65 bits per heavy atom. The fourth-order valence-electron chi connectivity index (χ4n) is 0.729. The van der Waals surface area contributed by atoms with Crippen molar-refractivity contribution >= 4 is 29.5 Å². The van der Waals surface area contributed by atoms with Gasteiger partial charge in [0.1, 0.15) is 6.04 Å². The van der Waals surface area contributed by atoms with Gasteiger partial charge in [-0.1, -0.05) is 0 Å². The van der Waals surface area contributed by atoms with Crippen LogP contribution in [0.15, 0.2) is 0 Å². The van der Waals surface area contributed by atoms with E-state index in [1.165, 1.54) is 0 Å². The topological polar surface area (TPSA) is 110 Å². The van der Waals surface area contributed by atoms with Crippen LogP contribution in [0.2, 0.25) is 0 Å². The number of carbonyl (C=O) groups is 1. The van der Waals surface area contributed by atoms with Crippen molar-refractivity contribution in [1.82, 2.24) is 0 Å². The summed E-state index contributed by atoms with van der Waals surface area (Å²) in [5.74, 6) is 0.943. The number of carboxylic acids is 1. The van der Waals surface area contributed by atoms with Crippen LogP contribution in [-0.4, -0.2) is 58.9 Å². The minimum absolute atomic E-state index is 0.0116. The Morgan fingerprint density at radius 3 is 2.00 bits per heavy atom. The van der Waals surface area contributed by atoms with Crippen molar-refractivity contribution in [2.75, 3.05) is 30.6 Å². The lowest BCUT2D eigenvalue weighted by molar-refractivity contribution is -0.138. The van der Waals surface area contributed by atoms with E-state index in [0.29, 0.717) is 6.42 Å². The summed E-state index contributed by atoms with van der Waals surface area (Å²) in [5.41, 5.74) is 10.6. The van der Waals surface area contributed by atoms with Crippen molar-refractivity contribution < 1.29 is 15.0 Å². The van der Waals surface area contributed by atoms with E-state index in [-0.39, 0.29) is 12.6 Å². The molecule has 0 aliphatic rings. The Hall–Kier alpha value is 0.0500. The highest BCUT2D eigenvalue weighted by Crippen LogP contribution is 1.98. The number of aliphatic carboxylic acids is 1. The third kappa shape index (κ3) is 16.1. The second-order valence-electron chi connectivity index (χ2n) is 3.45. The van der Waals surface area contributed by atoms with Crippen molar-refractivity contribution in [1.29, 1.82) is 0 Å². The fourth-order valence-corrected chi connectivity index (χ4v) is 1.76. The van der Waals surface area contributed by atoms with E-state index in [4.69, 9.17) is 21.7 Å². The summed E-state index contributed by atoms with van der Waals surface area (Å²) >= 11 is 3.36. The quantitative estimate of drug-likeness (QED) is 0.504. The highest BCUT2D eigenvalue weighted by atomic mass is 32.2. The Labute approximate surface area is 112 Å². The van der Waals surface area contributed by atoms with Crippen LogP contribution in [0.4, 0.5) is 0 Å². The zero-order valence-electron chi connectivity index (χ0n) is 10.5. The third-order valence-electron chi connectivity index (χ3n) is 1.88. The number of aliphatic hydroxyl groups excluding tert-OH is 1. The van der Waals surface area contributed by atoms with Gasteiger partial charge >= 0.3 is 5.97 Å². The number of aliphatic hydroxyl groups is 1. The van der Waals surface area contributed by atoms with Crippen LogP contribution in [0.1, 0.15) is 12.8 Å². The van der Waals surface area contributed by atoms with Gasteiger partial charge in [0, 0.05) is 6.04 Å². The van der Waals surface area contributed by atoms with E-state index in [2.05, 4.69) is 0 Å². The van der Waals surface area contributed by atoms with Crippen LogP contribution in [-0.2, 0) is 4.79 Å². The zero-order valence-corrected chi connectivity index (χ0v) is 12.1. The summed E-state index contributed by atoms with van der Waals surface area (Å²) in [7, 11) is 0. The molecule has 6 N–H and O–H groups in total. The lowest BCUT2D eigenvalue weighted by atomic mass is 10.2. The molecule has 0 heterocycles. The molecule has 5 nitrogen and oxygen atoms in total. The molecule has 104 valence electrons. The Bertz CT molecular complexity index is 185. The first kappa shape index (κ1) is 19.4. The molecule has 2 atom stereocenters. The second-order valence-corrected chi connectivity index (χ2v) is 5.42. The molecular weight excluding hydrogens is 260 g/mol. The average molecular weight is 284 g/mol. The van der Waals surface area contributed by atoms with E-state index < -0.39 is 12.0 Å². The summed E-state index contributed by atoms with van der Waals surface area (Å²) in [6, 6.07) is -0.695. The highest BCUT2D eigenvalue weighted by Gasteiger charge is 2.08. The van der Waals surface area contributed by atoms with Gasteiger partial charge in [-0.25, -0.2) is 0 Å². The molecule has 0 unspecified atom stereocenters. The van der Waals surface area contributed by atoms with Gasteiger partial charge in [-0.2, -0.15) is 23.5 Å². The Kier molecular flexibility index (Phi) is 16.1. The monoisotopic (exact) mass is 284 g/mol. The zero-order chi connectivity index (χ0) is 13.7. The molecule has 0 aliphatic heterocycles. The number of hydrogen-bond acceptors (Lipinski definition) is 6. The number of thioether (sulfide) groups is 2. The molecule has 17 heavy (non-hydrogen) atoms. The molecule has 0 aromatic carbocycles. The summed E-state index contributed by atoms with van der Waals surface area (Å²) < 4.78 is 0. The van der Waals surface area contributed by atoms with Gasteiger partial charge in [0.15, 0.2) is 0 Å². The molecule has 0 saturated carbocycles. The van der Waals surface area contributed by atoms with Crippen LogP contribution in [0.5, 0.6) is 0 Å². The van der Waals surface area contributed by atoms with Crippen LogP contribution in [0, 0.1) is 0 Å². The van der Waals surface area contributed by atoms with Gasteiger partial charge < -0.3 is 21.7 Å². The molecule has 0 radical (unpaired) electrons. The van der Waals surface area contributed by atoms with Gasteiger partial charge in [-0.05, 0) is 36.9 Å². The Balaban J connectivity index is 0. The first-order chi connectivity index (χ1) is 7.99. The normalized spacial score (nSPS) is 13.5. The predicted molar refractivity (Wildman–Crippen MR) is 76.7 cm³/mol. The standard InChI is InChI=1S/C5H11NO2S.C5H13NOS/c1-9-3-2-4(6)5(7)8;1-8-3-2-5(6)4-7/h4H,2-3,6H2,1H3,(H,7,8);5,7H,2-4,6H2,1H3/t4-;5-/m11/s1. The van der Waals surface area contributed by atoms with Crippen molar-refractivity contribution in [3.05, 3.63) is 0 Å². The second kappa shape index (κ2) is 14.1. The van der Waals surface area contributed by atoms with Gasteiger partial charge in [0.25, 0.3) is 0 Å². The molecule has 0 aromatic heterocycles. The van der Waals surface area contributed by atoms with E-state index in [1.54, 1.807) is 23.5 Å². The third-order valence-corrected chi connectivity index (χ3v) is 3.17. The van der Waals surface area contributed by atoms with Crippen molar-refractivity contribution in [2.45, 2.75) is 24.9 Å². The predicted octanol–water partition coefficient (Wildman–Crippen LogP) is 0.211. The lowest BCUT2D eigenvalue weighted by Gasteiger charge is -2.03. The number of carboxylic acid groups (broad SMARTS) is 1. The lowest BCUT2D eigenvalue weighted by Crippen LogP contribution is -2.30. The molecule has 0 fully saturated rings. The van der Waals surface area contributed by atoms with Crippen LogP contribution in [0.3, 0.4) is 0 Å². The van der Waals surface area contributed by atoms with E-state index in [0.717, 1.165) is 17.9 Å². The maximum atomic E-state index is 10.1. The first-order valence-electron chi connectivity index (χ1n) is 5.32. The molecule has 0 saturated heterocycles. The summed E-state index contributed by atoms with van der Waals surface area (Å²) in [6.07, 6.45) is 5.42. The molecule has 0 bridgehead atoms. The molecule has 0 spiro atoms. The fraction of sp³-hybridized carbons (Fsp3) is 0.900. The van der Waals surface area contributed by atoms with E-state index in [9.17, 15) is 4.79 Å². The van der Waals surface area contributed by atoms with E-state index in [1.807, 2.05) is 12.5 Å². The van der Waals surface area contributed by atoms with Gasteiger partial charge in [0.05, 0.1) is 6.61 Å². The molecule has 0 aromatic rings. The summed E-state index contributed by atoms with van der Waals surface area (Å²) in [4.78, 5) is 10.1. The SMILES string of the molecule is CSCC[C@@H](N)C(=O)O.CSCC[C@@H](N)CO. The molecule has 0 rings (SSSR count). The Morgan fingerprint density at radius 1 is 1.18 bits per heavy atom. The minimum Gasteiger partial charge on any atom is -0.480 e. The van der Waals surface area contributed by atoms with Crippen LogP contribution >= 0.6 is 23.5 Å². The molecule has 0 aliphatic carbocycles. The maximum absolute atomic E-state index is 10.1. The summed E-state index contributed by atoms with van der Waals surface area (Å²) in [6.45, 7) is 0.112. The largest absolute Gasteiger partial charge is 0.480 e. The molecule has 7 heteroatoms. The van der Waals surface area contributed by atoms with Crippen molar-refractivity contribution in [3.63, 3.8) is 0 Å². The van der Waals surface area contributed by atoms with Crippen molar-refractivity contribution in [3.8, 4) is 0 Å². The smallest absolute Gasteiger partial charge is 0.320 e. The van der Waals surface area contributed by atoms with Crippen LogP contribution in [0.25, 0.3) is 0 Å². The number of hydrogen-bond donors (Lipinski definition) is 4. The van der Waals surface area contributed by atoms with Gasteiger partial charge in [0.2, 0.25) is 0 Å². The minimum atomic E-state index is -0.913. The number of rotatable bonds is 8. The highest BCUT2D eigenvalue weighted by molar-refractivity contribution is 7.98. The van der Waals surface area contributed by atoms with Gasteiger partial charge in [-0.15, -0.1) is 0 Å². The van der Waals surface area contributed by atoms with Crippen molar-refractivity contribution in [2.24, 2.45) is 11.5 Å². The number of nitrogens with two attached hydrogens (primary N) is 2. The molecular formula is C10H24N2O3S2. The maximum Gasteiger partial charge on any atom is 0.320 e. The van der Waals surface area contributed by atoms with E-state index >= 15 is 0 Å². The summed E-state index contributed by atoms with van der Waals surface area (Å²) in [5, 5.41) is 16.7. The van der Waals surface area contributed by atoms with Gasteiger partial charge in [-0.3, -0.25) is 4.79 Å². The van der Waals surface area contributed by atoms with Crippen LogP contribution < -0.4 is 11.5 Å². The first-order valence-corrected chi connectivity index (χ1v) is 8.11. The molecule has 0 amide bonds.